The summed E-state index contributed by atoms with van der Waals surface area (Å²) in [7, 11) is -3.70. The van der Waals surface area contributed by atoms with Crippen LogP contribution in [-0.4, -0.2) is 39.0 Å². The van der Waals surface area contributed by atoms with Gasteiger partial charge in [-0.3, -0.25) is 9.59 Å². The van der Waals surface area contributed by atoms with Crippen LogP contribution in [0, 0.1) is 13.8 Å². The Kier molecular flexibility index (Phi) is 6.18. The van der Waals surface area contributed by atoms with Crippen LogP contribution in [-0.2, 0) is 24.3 Å². The highest BCUT2D eigenvalue weighted by molar-refractivity contribution is 7.89. The first-order valence-corrected chi connectivity index (χ1v) is 9.74. The van der Waals surface area contributed by atoms with Crippen LogP contribution in [0.15, 0.2) is 23.1 Å². The maximum atomic E-state index is 12.3. The lowest BCUT2D eigenvalue weighted by Gasteiger charge is -2.13. The second-order valence-electron chi connectivity index (χ2n) is 6.33. The lowest BCUT2D eigenvalue weighted by Crippen LogP contribution is -2.37. The van der Waals surface area contributed by atoms with Crippen molar-refractivity contribution in [3.63, 3.8) is 0 Å². The van der Waals surface area contributed by atoms with Crippen molar-refractivity contribution in [2.75, 3.05) is 6.54 Å². The molecule has 2 rings (SSSR count). The van der Waals surface area contributed by atoms with E-state index in [0.717, 1.165) is 18.4 Å². The fourth-order valence-electron chi connectivity index (χ4n) is 2.22. The van der Waals surface area contributed by atoms with E-state index in [1.807, 2.05) is 13.0 Å². The first-order chi connectivity index (χ1) is 11.7. The van der Waals surface area contributed by atoms with Gasteiger partial charge in [0.2, 0.25) is 10.0 Å². The molecule has 1 aromatic carbocycles. The molecule has 0 unspecified atom stereocenters. The Hall–Kier alpha value is -1.93. The summed E-state index contributed by atoms with van der Waals surface area (Å²) in [6, 6.07) is 5.34. The fourth-order valence-corrected chi connectivity index (χ4v) is 3.58. The quantitative estimate of drug-likeness (QED) is 0.671. The number of nitrogens with one attached hydrogen (secondary N) is 2. The molecule has 1 fully saturated rings. The van der Waals surface area contributed by atoms with Gasteiger partial charge in [0, 0.05) is 12.6 Å². The van der Waals surface area contributed by atoms with Crippen molar-refractivity contribution in [1.29, 1.82) is 0 Å². The minimum Gasteiger partial charge on any atom is -0.453 e. The molecule has 0 aromatic heterocycles. The summed E-state index contributed by atoms with van der Waals surface area (Å²) < 4.78 is 32.0. The van der Waals surface area contributed by atoms with Crippen molar-refractivity contribution in [1.82, 2.24) is 10.0 Å². The highest BCUT2D eigenvalue weighted by atomic mass is 32.2. The summed E-state index contributed by atoms with van der Waals surface area (Å²) in [6.07, 6.45) is 0.869. The number of amides is 1. The lowest BCUT2D eigenvalue weighted by molar-refractivity contribution is -0.154. The second-order valence-corrected chi connectivity index (χ2v) is 8.07. The summed E-state index contributed by atoms with van der Waals surface area (Å²) in [6.45, 7) is 4.92. The van der Waals surface area contributed by atoms with Gasteiger partial charge in [-0.05, 0) is 50.8 Å². The highest BCUT2D eigenvalue weighted by Crippen LogP contribution is 2.19. The summed E-state index contributed by atoms with van der Waals surface area (Å²) in [5.41, 5.74) is 1.46. The van der Waals surface area contributed by atoms with E-state index in [1.165, 1.54) is 6.92 Å². The number of carbonyl (C=O) groups is 2. The van der Waals surface area contributed by atoms with E-state index in [-0.39, 0.29) is 29.8 Å². The first kappa shape index (κ1) is 19.4. The summed E-state index contributed by atoms with van der Waals surface area (Å²) in [4.78, 5) is 23.7. The van der Waals surface area contributed by atoms with Gasteiger partial charge in [-0.2, -0.15) is 0 Å². The predicted octanol–water partition coefficient (Wildman–Crippen LogP) is 1.18. The lowest BCUT2D eigenvalue weighted by atomic mass is 10.2. The average Bonchev–Trinajstić information content (AvgIpc) is 3.33. The number of hydrogen-bond donors (Lipinski definition) is 2. The minimum absolute atomic E-state index is 0.0918. The molecule has 0 aliphatic heterocycles. The molecule has 1 amide bonds. The average molecular weight is 368 g/mol. The Bertz CT molecular complexity index is 756. The largest absolute Gasteiger partial charge is 0.453 e. The Labute approximate surface area is 148 Å². The third-order valence-corrected chi connectivity index (χ3v) is 5.46. The minimum atomic E-state index is -3.70. The van der Waals surface area contributed by atoms with Crippen molar-refractivity contribution < 1.29 is 22.7 Å². The van der Waals surface area contributed by atoms with Crippen LogP contribution >= 0.6 is 0 Å². The normalized spacial score (nSPS) is 15.5. The predicted molar refractivity (Wildman–Crippen MR) is 92.4 cm³/mol. The molecule has 2 N–H and O–H groups in total. The van der Waals surface area contributed by atoms with Crippen LogP contribution in [0.4, 0.5) is 0 Å². The molecule has 8 heteroatoms. The van der Waals surface area contributed by atoms with Gasteiger partial charge >= 0.3 is 5.97 Å². The monoisotopic (exact) mass is 368 g/mol. The van der Waals surface area contributed by atoms with E-state index in [9.17, 15) is 18.0 Å². The number of rotatable bonds is 8. The van der Waals surface area contributed by atoms with Crippen molar-refractivity contribution in [2.45, 2.75) is 57.1 Å². The second kappa shape index (κ2) is 7.97. The van der Waals surface area contributed by atoms with Gasteiger partial charge in [0.05, 0.1) is 11.3 Å². The van der Waals surface area contributed by atoms with Gasteiger partial charge in [0.15, 0.2) is 6.10 Å². The van der Waals surface area contributed by atoms with Crippen LogP contribution in [0.2, 0.25) is 0 Å². The zero-order chi connectivity index (χ0) is 18.6. The zero-order valence-corrected chi connectivity index (χ0v) is 15.5. The molecule has 25 heavy (non-hydrogen) atoms. The van der Waals surface area contributed by atoms with Gasteiger partial charge in [0.25, 0.3) is 5.91 Å². The molecule has 1 atom stereocenters. The van der Waals surface area contributed by atoms with Gasteiger partial charge < -0.3 is 10.1 Å². The van der Waals surface area contributed by atoms with Crippen LogP contribution in [0.1, 0.15) is 37.3 Å². The maximum absolute atomic E-state index is 12.3. The van der Waals surface area contributed by atoms with Crippen molar-refractivity contribution in [2.24, 2.45) is 0 Å². The van der Waals surface area contributed by atoms with Gasteiger partial charge in [-0.25, -0.2) is 13.1 Å². The molecular formula is C17H24N2O5S. The van der Waals surface area contributed by atoms with Crippen molar-refractivity contribution in [3.05, 3.63) is 29.3 Å². The molecule has 0 saturated heterocycles. The number of aryl methyl sites for hydroxylation is 2. The first-order valence-electron chi connectivity index (χ1n) is 8.26. The standard InChI is InChI=1S/C17H24N2O5S/c1-11-4-5-12(2)15(10-11)25(22,23)18-9-8-16(20)24-13(3)17(21)19-14-6-7-14/h4-5,10,13-14,18H,6-9H2,1-3H3,(H,19,21)/t13-/m1/s1. The fraction of sp³-hybridized carbons (Fsp3) is 0.529. The molecule has 1 aliphatic rings. The number of ether oxygens (including phenoxy) is 1. The molecule has 1 saturated carbocycles. The molecule has 7 nitrogen and oxygen atoms in total. The van der Waals surface area contributed by atoms with Crippen LogP contribution in [0.3, 0.4) is 0 Å². The molecule has 1 aliphatic carbocycles. The van der Waals surface area contributed by atoms with Gasteiger partial charge in [-0.15, -0.1) is 0 Å². The van der Waals surface area contributed by atoms with Crippen molar-refractivity contribution in [3.8, 4) is 0 Å². The maximum Gasteiger partial charge on any atom is 0.307 e. The highest BCUT2D eigenvalue weighted by Gasteiger charge is 2.27. The zero-order valence-electron chi connectivity index (χ0n) is 14.7. The van der Waals surface area contributed by atoms with Gasteiger partial charge in [-0.1, -0.05) is 12.1 Å². The third kappa shape index (κ3) is 5.82. The summed E-state index contributed by atoms with van der Waals surface area (Å²) >= 11 is 0. The van der Waals surface area contributed by atoms with Crippen LogP contribution in [0.25, 0.3) is 0 Å². The van der Waals surface area contributed by atoms with E-state index in [4.69, 9.17) is 4.74 Å². The smallest absolute Gasteiger partial charge is 0.307 e. The number of benzene rings is 1. The van der Waals surface area contributed by atoms with E-state index < -0.39 is 22.1 Å². The van der Waals surface area contributed by atoms with Crippen LogP contribution in [0.5, 0.6) is 0 Å². The summed E-state index contributed by atoms with van der Waals surface area (Å²) in [5.74, 6) is -0.950. The Morgan fingerprint density at radius 2 is 1.96 bits per heavy atom. The SMILES string of the molecule is Cc1ccc(C)c(S(=O)(=O)NCCC(=O)O[C@H](C)C(=O)NC2CC2)c1. The Morgan fingerprint density at radius 3 is 2.60 bits per heavy atom. The molecule has 138 valence electrons. The molecule has 1 aromatic rings. The molecule has 0 heterocycles. The van der Waals surface area contributed by atoms with Gasteiger partial charge in [0.1, 0.15) is 0 Å². The Balaban J connectivity index is 1.81. The van der Waals surface area contributed by atoms with Crippen LogP contribution < -0.4 is 10.0 Å². The number of sulfonamides is 1. The van der Waals surface area contributed by atoms with E-state index in [0.29, 0.717) is 5.56 Å². The number of carbonyl (C=O) groups excluding carboxylic acids is 2. The molecule has 0 radical (unpaired) electrons. The van der Waals surface area contributed by atoms with Crippen molar-refractivity contribution >= 4 is 21.9 Å². The number of hydrogen-bond acceptors (Lipinski definition) is 5. The topological polar surface area (TPSA) is 102 Å². The molecule has 0 bridgehead atoms. The Morgan fingerprint density at radius 1 is 1.28 bits per heavy atom. The number of esters is 1. The molecular weight excluding hydrogens is 344 g/mol. The summed E-state index contributed by atoms with van der Waals surface area (Å²) in [5, 5.41) is 2.74. The third-order valence-electron chi connectivity index (χ3n) is 3.86. The van der Waals surface area contributed by atoms with E-state index >= 15 is 0 Å². The van der Waals surface area contributed by atoms with E-state index in [2.05, 4.69) is 10.0 Å². The molecule has 0 spiro atoms. The van der Waals surface area contributed by atoms with E-state index in [1.54, 1.807) is 19.1 Å².